The molecule has 0 aliphatic carbocycles. The van der Waals surface area contributed by atoms with Crippen LogP contribution in [0, 0.1) is 5.82 Å². The maximum atomic E-state index is 13.2. The minimum Gasteiger partial charge on any atom is -0.368 e. The van der Waals surface area contributed by atoms with Crippen LogP contribution in [0.2, 0.25) is 0 Å². The van der Waals surface area contributed by atoms with Gasteiger partial charge in [0.1, 0.15) is 17.7 Å². The number of rotatable bonds is 5. The Kier molecular flexibility index (Phi) is 6.36. The number of nitrogens with zero attached hydrogens (tertiary/aromatic N) is 5. The van der Waals surface area contributed by atoms with E-state index >= 15 is 0 Å². The highest BCUT2D eigenvalue weighted by atomic mass is 32.2. The van der Waals surface area contributed by atoms with Crippen LogP contribution in [0.3, 0.4) is 0 Å². The van der Waals surface area contributed by atoms with Crippen LogP contribution in [0.1, 0.15) is 25.3 Å². The Balaban J connectivity index is 1.25. The summed E-state index contributed by atoms with van der Waals surface area (Å²) < 4.78 is 13.2. The molecule has 1 unspecified atom stereocenters. The van der Waals surface area contributed by atoms with Crippen molar-refractivity contribution in [2.45, 2.75) is 25.8 Å². The number of carbonyl (C=O) groups is 2. The smallest absolute Gasteiger partial charge is 0.270 e. The molecule has 2 amide bonds. The number of hydrogen-bond donors (Lipinski definition) is 0. The molecule has 2 aromatic rings. The summed E-state index contributed by atoms with van der Waals surface area (Å²) in [6, 6.07) is 13.7. The van der Waals surface area contributed by atoms with E-state index in [1.807, 2.05) is 41.0 Å². The fraction of sp³-hybridized carbons (Fsp3) is 0.360. The minimum absolute atomic E-state index is 0.0429. The van der Waals surface area contributed by atoms with Crippen molar-refractivity contribution in [1.29, 1.82) is 0 Å². The third kappa shape index (κ3) is 4.32. The first-order valence-corrected chi connectivity index (χ1v) is 12.5. The Morgan fingerprint density at radius 2 is 1.79 bits per heavy atom. The molecule has 176 valence electrons. The topological polar surface area (TPSA) is 68.6 Å². The number of carbonyl (C=O) groups excluding carboxylic acids is 2. The minimum atomic E-state index is -0.367. The number of amidine groups is 2. The van der Waals surface area contributed by atoms with Gasteiger partial charge in [0.25, 0.3) is 5.91 Å². The molecule has 3 aliphatic heterocycles. The zero-order valence-electron chi connectivity index (χ0n) is 19.0. The van der Waals surface area contributed by atoms with Crippen molar-refractivity contribution in [1.82, 2.24) is 9.80 Å². The highest BCUT2D eigenvalue weighted by Crippen LogP contribution is 2.35. The van der Waals surface area contributed by atoms with Crippen molar-refractivity contribution in [3.05, 3.63) is 59.9 Å². The van der Waals surface area contributed by atoms with Gasteiger partial charge in [0.2, 0.25) is 5.91 Å². The molecular weight excluding hydrogens is 453 g/mol. The normalized spacial score (nSPS) is 19.5. The lowest BCUT2D eigenvalue weighted by Crippen LogP contribution is -2.49. The van der Waals surface area contributed by atoms with Gasteiger partial charge in [-0.3, -0.25) is 14.5 Å². The summed E-state index contributed by atoms with van der Waals surface area (Å²) in [6.07, 6.45) is 1.54. The lowest BCUT2D eigenvalue weighted by atomic mass is 10.1. The van der Waals surface area contributed by atoms with Gasteiger partial charge in [-0.25, -0.2) is 9.38 Å². The molecule has 3 heterocycles. The molecule has 0 saturated carbocycles. The number of hydrogen-bond acceptors (Lipinski definition) is 6. The van der Waals surface area contributed by atoms with Crippen LogP contribution in [0.5, 0.6) is 0 Å². The molecule has 5 rings (SSSR count). The van der Waals surface area contributed by atoms with Crippen molar-refractivity contribution < 1.29 is 14.0 Å². The largest absolute Gasteiger partial charge is 0.368 e. The molecule has 0 aromatic heterocycles. The average molecular weight is 480 g/mol. The van der Waals surface area contributed by atoms with Crippen molar-refractivity contribution >= 4 is 46.0 Å². The maximum Gasteiger partial charge on any atom is 0.270 e. The SMILES string of the molecule is CCCC1C(=O)N=C2c3ccccc3N=C(SCC(=O)N3CCN(c4ccc(F)cc4)CC3)N21. The van der Waals surface area contributed by atoms with Crippen molar-refractivity contribution in [3.63, 3.8) is 0 Å². The molecule has 7 nitrogen and oxygen atoms in total. The summed E-state index contributed by atoms with van der Waals surface area (Å²) in [5.41, 5.74) is 2.58. The number of thioether (sulfide) groups is 1. The van der Waals surface area contributed by atoms with Gasteiger partial charge in [-0.1, -0.05) is 37.2 Å². The highest BCUT2D eigenvalue weighted by molar-refractivity contribution is 8.14. The van der Waals surface area contributed by atoms with Crippen LogP contribution in [0.4, 0.5) is 15.8 Å². The number of benzene rings is 2. The van der Waals surface area contributed by atoms with E-state index in [0.29, 0.717) is 43.6 Å². The van der Waals surface area contributed by atoms with Crippen LogP contribution in [0.15, 0.2) is 58.5 Å². The number of aliphatic imine (C=N–C) groups is 2. The number of amides is 2. The highest BCUT2D eigenvalue weighted by Gasteiger charge is 2.41. The molecule has 1 saturated heterocycles. The summed E-state index contributed by atoms with van der Waals surface area (Å²) in [5, 5.41) is 0.653. The van der Waals surface area contributed by atoms with E-state index in [1.54, 1.807) is 12.1 Å². The van der Waals surface area contributed by atoms with Crippen LogP contribution in [-0.2, 0) is 9.59 Å². The second-order valence-corrected chi connectivity index (χ2v) is 9.44. The molecular formula is C25H26FN5O2S. The predicted octanol–water partition coefficient (Wildman–Crippen LogP) is 3.67. The third-order valence-corrected chi connectivity index (χ3v) is 7.26. The molecule has 34 heavy (non-hydrogen) atoms. The summed E-state index contributed by atoms with van der Waals surface area (Å²) >= 11 is 1.37. The Hall–Kier alpha value is -3.20. The number of halogens is 1. The quantitative estimate of drug-likeness (QED) is 0.655. The van der Waals surface area contributed by atoms with Crippen molar-refractivity contribution in [2.24, 2.45) is 9.98 Å². The first-order chi connectivity index (χ1) is 16.5. The molecule has 1 fully saturated rings. The average Bonchev–Trinajstić information content (AvgIpc) is 3.19. The number of para-hydroxylation sites is 1. The van der Waals surface area contributed by atoms with Crippen molar-refractivity contribution in [3.8, 4) is 0 Å². The van der Waals surface area contributed by atoms with Crippen LogP contribution >= 0.6 is 11.8 Å². The lowest BCUT2D eigenvalue weighted by molar-refractivity contribution is -0.128. The molecule has 2 aromatic carbocycles. The van der Waals surface area contributed by atoms with Crippen LogP contribution in [-0.4, -0.2) is 70.6 Å². The monoisotopic (exact) mass is 479 g/mol. The van der Waals surface area contributed by atoms with Gasteiger partial charge in [-0.05, 0) is 42.8 Å². The summed E-state index contributed by atoms with van der Waals surface area (Å²) in [5.74, 6) is 0.522. The molecule has 0 bridgehead atoms. The first-order valence-electron chi connectivity index (χ1n) is 11.6. The Labute approximate surface area is 202 Å². The van der Waals surface area contributed by atoms with Crippen molar-refractivity contribution in [2.75, 3.05) is 36.8 Å². The summed E-state index contributed by atoms with van der Waals surface area (Å²) in [4.78, 5) is 40.7. The van der Waals surface area contributed by atoms with E-state index in [-0.39, 0.29) is 29.4 Å². The van der Waals surface area contributed by atoms with Gasteiger partial charge in [0, 0.05) is 37.4 Å². The zero-order valence-corrected chi connectivity index (χ0v) is 19.8. The Bertz CT molecular complexity index is 1160. The molecule has 9 heteroatoms. The number of fused-ring (bicyclic) bond motifs is 3. The Morgan fingerprint density at radius 1 is 1.06 bits per heavy atom. The number of piperazine rings is 1. The first kappa shape index (κ1) is 22.6. The van der Waals surface area contributed by atoms with Gasteiger partial charge in [0.05, 0.1) is 11.4 Å². The second kappa shape index (κ2) is 9.58. The second-order valence-electron chi connectivity index (χ2n) is 8.49. The molecule has 0 spiro atoms. The summed E-state index contributed by atoms with van der Waals surface area (Å²) in [6.45, 7) is 4.67. The summed E-state index contributed by atoms with van der Waals surface area (Å²) in [7, 11) is 0. The van der Waals surface area contributed by atoms with Gasteiger partial charge in [-0.15, -0.1) is 0 Å². The molecule has 3 aliphatic rings. The standard InChI is InChI=1S/C25H26FN5O2S/c1-2-5-21-24(33)28-23-19-6-3-4-7-20(19)27-25(31(21)23)34-16-22(32)30-14-12-29(13-15-30)18-10-8-17(26)9-11-18/h3-4,6-11,21H,2,5,12-16H2,1H3. The van der Waals surface area contributed by atoms with Gasteiger partial charge in [-0.2, -0.15) is 4.99 Å². The Morgan fingerprint density at radius 3 is 2.53 bits per heavy atom. The van der Waals surface area contributed by atoms with E-state index in [9.17, 15) is 14.0 Å². The number of anilines is 1. The lowest BCUT2D eigenvalue weighted by Gasteiger charge is -2.36. The van der Waals surface area contributed by atoms with Gasteiger partial charge in [0.15, 0.2) is 5.17 Å². The molecule has 1 atom stereocenters. The molecule has 0 N–H and O–H groups in total. The maximum absolute atomic E-state index is 13.2. The zero-order chi connectivity index (χ0) is 23.7. The van der Waals surface area contributed by atoms with E-state index in [1.165, 1.54) is 23.9 Å². The van der Waals surface area contributed by atoms with E-state index in [4.69, 9.17) is 4.99 Å². The fourth-order valence-electron chi connectivity index (χ4n) is 4.53. The molecule has 0 radical (unpaired) electrons. The van der Waals surface area contributed by atoms with E-state index in [0.717, 1.165) is 23.4 Å². The van der Waals surface area contributed by atoms with E-state index < -0.39 is 0 Å². The van der Waals surface area contributed by atoms with E-state index in [2.05, 4.69) is 9.89 Å². The van der Waals surface area contributed by atoms with Gasteiger partial charge < -0.3 is 9.80 Å². The third-order valence-electron chi connectivity index (χ3n) is 6.32. The van der Waals surface area contributed by atoms with Crippen LogP contribution < -0.4 is 4.90 Å². The predicted molar refractivity (Wildman–Crippen MR) is 133 cm³/mol. The fourth-order valence-corrected chi connectivity index (χ4v) is 5.48. The van der Waals surface area contributed by atoms with Gasteiger partial charge >= 0.3 is 0 Å². The van der Waals surface area contributed by atoms with Crippen LogP contribution in [0.25, 0.3) is 0 Å².